The van der Waals surface area contributed by atoms with Crippen molar-refractivity contribution in [3.63, 3.8) is 0 Å². The first-order valence-corrected chi connectivity index (χ1v) is 21.3. The van der Waals surface area contributed by atoms with Crippen molar-refractivity contribution < 1.29 is 8.83 Å². The molecule has 0 saturated heterocycles. The summed E-state index contributed by atoms with van der Waals surface area (Å²) in [5.41, 5.74) is 16.7. The van der Waals surface area contributed by atoms with Crippen LogP contribution in [0.15, 0.2) is 147 Å². The summed E-state index contributed by atoms with van der Waals surface area (Å²) in [6.45, 7) is 0.893. The molecule has 11 rings (SSSR count). The Morgan fingerprint density at radius 3 is 2.59 bits per heavy atom. The van der Waals surface area contributed by atoms with Crippen molar-refractivity contribution >= 4 is 42.1 Å². The summed E-state index contributed by atoms with van der Waals surface area (Å²) >= 11 is 0. The molecule has 0 bridgehead atoms. The van der Waals surface area contributed by atoms with E-state index in [1.54, 1.807) is 0 Å². The molecule has 6 aliphatic carbocycles. The Morgan fingerprint density at radius 1 is 0.707 bits per heavy atom. The zero-order valence-electron chi connectivity index (χ0n) is 32.9. The van der Waals surface area contributed by atoms with Crippen LogP contribution in [0.5, 0.6) is 0 Å². The van der Waals surface area contributed by atoms with Crippen LogP contribution in [0.25, 0.3) is 47.6 Å². The van der Waals surface area contributed by atoms with Gasteiger partial charge in [-0.3, -0.25) is 0 Å². The van der Waals surface area contributed by atoms with Crippen LogP contribution >= 0.6 is 0 Å². The van der Waals surface area contributed by atoms with Crippen LogP contribution in [0.4, 0.5) is 5.69 Å². The van der Waals surface area contributed by atoms with Crippen molar-refractivity contribution in [3.05, 3.63) is 194 Å². The molecule has 2 aromatic heterocycles. The lowest BCUT2D eigenvalue weighted by molar-refractivity contribution is 0.276. The van der Waals surface area contributed by atoms with E-state index in [9.17, 15) is 0 Å². The Morgan fingerprint density at radius 2 is 1.66 bits per heavy atom. The summed E-state index contributed by atoms with van der Waals surface area (Å²) in [6.07, 6.45) is 44.3. The van der Waals surface area contributed by atoms with Gasteiger partial charge in [-0.15, -0.1) is 0 Å². The van der Waals surface area contributed by atoms with Crippen LogP contribution in [0, 0.1) is 5.92 Å². The standard InChI is InChI=1S/C54H48N2O2/c1-2-7-40-16-17-42-32-47(25-20-39(42)28-30-57-52(40)10-3-1)56(48-26-21-43-35-54-50(34-45(43)33-48)49-9-4-5-11-53(49)58-54)46-23-18-37(19-24-46)36-12-14-38(15-13-36)41-22-27-51-44(31-41)8-6-29-55-51/h1-3,5-6,8,10-18,21-24,27-28,30-32,34-35,37,45,48,55H,4,7,9,19-20,25-26,29,33H2. The molecule has 7 aliphatic rings. The quantitative estimate of drug-likeness (QED) is 0.220. The van der Waals surface area contributed by atoms with Gasteiger partial charge >= 0.3 is 0 Å². The zero-order chi connectivity index (χ0) is 38.4. The highest BCUT2D eigenvalue weighted by Crippen LogP contribution is 2.40. The summed E-state index contributed by atoms with van der Waals surface area (Å²) < 4.78 is 12.5. The molecule has 3 heterocycles. The monoisotopic (exact) mass is 756 g/mol. The second kappa shape index (κ2) is 14.9. The van der Waals surface area contributed by atoms with E-state index in [1.807, 2.05) is 6.26 Å². The minimum absolute atomic E-state index is 0.343. The number of fused-ring (bicyclic) bond motifs is 7. The smallest absolute Gasteiger partial charge is 0.135 e. The number of benzene rings is 2. The van der Waals surface area contributed by atoms with Crippen molar-refractivity contribution in [2.75, 3.05) is 11.9 Å². The van der Waals surface area contributed by atoms with Gasteiger partial charge in [0.15, 0.2) is 0 Å². The molecule has 3 unspecified atom stereocenters. The van der Waals surface area contributed by atoms with Crippen LogP contribution in [0.2, 0.25) is 0 Å². The predicted octanol–water partition coefficient (Wildman–Crippen LogP) is 11.4. The van der Waals surface area contributed by atoms with Gasteiger partial charge in [0, 0.05) is 52.3 Å². The molecule has 4 nitrogen and oxygen atoms in total. The molecule has 4 aromatic rings. The van der Waals surface area contributed by atoms with Crippen molar-refractivity contribution in [3.8, 4) is 11.1 Å². The summed E-state index contributed by atoms with van der Waals surface area (Å²) in [5, 5.41) is 4.79. The lowest BCUT2D eigenvalue weighted by Crippen LogP contribution is -2.39. The second-order valence-corrected chi connectivity index (χ2v) is 16.6. The SMILES string of the molecule is C1=CCc2ccc3c(ccoc2C=C1)CCC(N(C1=CCC(c2ccc(-c4ccc5c(c4)C=CCN5)cc2)C=C1)C1CC=C2C=c4oc5c(c4=CC2C1)CCC=C5)=C3. The molecule has 0 spiro atoms. The Bertz CT molecular complexity index is 2750. The molecule has 0 amide bonds. The second-order valence-electron chi connectivity index (χ2n) is 16.6. The molecular weight excluding hydrogens is 709 g/mol. The van der Waals surface area contributed by atoms with Crippen molar-refractivity contribution in [1.82, 2.24) is 4.90 Å². The van der Waals surface area contributed by atoms with E-state index < -0.39 is 0 Å². The number of furan rings is 1. The normalized spacial score (nSPS) is 21.7. The van der Waals surface area contributed by atoms with E-state index in [0.717, 1.165) is 74.8 Å². The molecule has 58 heavy (non-hydrogen) atoms. The lowest BCUT2D eigenvalue weighted by atomic mass is 9.80. The largest absolute Gasteiger partial charge is 0.465 e. The van der Waals surface area contributed by atoms with Gasteiger partial charge in [-0.1, -0.05) is 103 Å². The molecule has 1 aliphatic heterocycles. The third-order valence-electron chi connectivity index (χ3n) is 13.1. The first-order chi connectivity index (χ1) is 28.7. The number of nitrogens with one attached hydrogen (secondary N) is 1. The first kappa shape index (κ1) is 34.9. The third-order valence-corrected chi connectivity index (χ3v) is 13.1. The number of hydrogen-bond acceptors (Lipinski definition) is 4. The Hall–Kier alpha value is -6.26. The predicted molar refractivity (Wildman–Crippen MR) is 239 cm³/mol. The number of hydrogen-bond donors (Lipinski definition) is 1. The summed E-state index contributed by atoms with van der Waals surface area (Å²) in [6, 6.07) is 23.1. The zero-order valence-corrected chi connectivity index (χ0v) is 32.9. The van der Waals surface area contributed by atoms with Gasteiger partial charge in [0.05, 0.1) is 6.26 Å². The van der Waals surface area contributed by atoms with E-state index in [4.69, 9.17) is 8.83 Å². The van der Waals surface area contributed by atoms with Gasteiger partial charge in [-0.2, -0.15) is 0 Å². The summed E-state index contributed by atoms with van der Waals surface area (Å²) in [4.78, 5) is 2.71. The van der Waals surface area contributed by atoms with Gasteiger partial charge < -0.3 is 19.1 Å². The molecule has 0 fully saturated rings. The number of rotatable bonds is 5. The van der Waals surface area contributed by atoms with Crippen molar-refractivity contribution in [1.29, 1.82) is 0 Å². The van der Waals surface area contributed by atoms with E-state index in [0.29, 0.717) is 17.9 Å². The average Bonchev–Trinajstić information content (AvgIpc) is 3.52. The van der Waals surface area contributed by atoms with Crippen LogP contribution in [0.1, 0.15) is 82.9 Å². The van der Waals surface area contributed by atoms with Crippen LogP contribution < -0.4 is 16.0 Å². The fourth-order valence-electron chi connectivity index (χ4n) is 9.97. The highest BCUT2D eigenvalue weighted by molar-refractivity contribution is 5.77. The lowest BCUT2D eigenvalue weighted by Gasteiger charge is -2.41. The Balaban J connectivity index is 0.916. The molecule has 286 valence electrons. The van der Waals surface area contributed by atoms with E-state index in [2.05, 4.69) is 162 Å². The maximum Gasteiger partial charge on any atom is 0.135 e. The number of anilines is 1. The molecule has 2 aromatic carbocycles. The Labute approximate surface area is 341 Å². The minimum Gasteiger partial charge on any atom is -0.465 e. The molecule has 1 N–H and O–H groups in total. The van der Waals surface area contributed by atoms with Gasteiger partial charge in [0.25, 0.3) is 0 Å². The van der Waals surface area contributed by atoms with Crippen molar-refractivity contribution in [2.24, 2.45) is 5.92 Å². The maximum atomic E-state index is 6.36. The van der Waals surface area contributed by atoms with Crippen LogP contribution in [-0.2, 0) is 19.3 Å². The fourth-order valence-corrected chi connectivity index (χ4v) is 9.97. The van der Waals surface area contributed by atoms with Gasteiger partial charge in [-0.05, 0) is 144 Å². The van der Waals surface area contributed by atoms with Gasteiger partial charge in [0.1, 0.15) is 16.9 Å². The topological polar surface area (TPSA) is 41.6 Å². The van der Waals surface area contributed by atoms with E-state index in [1.165, 1.54) is 72.4 Å². The van der Waals surface area contributed by atoms with Crippen LogP contribution in [-0.4, -0.2) is 17.5 Å². The summed E-state index contributed by atoms with van der Waals surface area (Å²) in [5.74, 6) is 2.68. The van der Waals surface area contributed by atoms with E-state index >= 15 is 0 Å². The molecule has 4 heteroatoms. The van der Waals surface area contributed by atoms with Gasteiger partial charge in [-0.25, -0.2) is 0 Å². The molecular formula is C54H48N2O2. The van der Waals surface area contributed by atoms with Crippen LogP contribution in [0.3, 0.4) is 0 Å². The highest BCUT2D eigenvalue weighted by atomic mass is 16.3. The summed E-state index contributed by atoms with van der Waals surface area (Å²) in [7, 11) is 0. The number of allylic oxidation sites excluding steroid dienone is 9. The molecule has 0 radical (unpaired) electrons. The number of nitrogens with zero attached hydrogens (tertiary/aromatic N) is 1. The minimum atomic E-state index is 0.343. The maximum absolute atomic E-state index is 6.36. The molecule has 0 saturated carbocycles. The fraction of sp³-hybridized carbons (Fsp3) is 0.222. The highest BCUT2D eigenvalue weighted by Gasteiger charge is 2.32. The Kier molecular flexibility index (Phi) is 8.99. The number of aryl methyl sites for hydroxylation is 1. The van der Waals surface area contributed by atoms with Gasteiger partial charge in [0.2, 0.25) is 0 Å². The van der Waals surface area contributed by atoms with E-state index in [-0.39, 0.29) is 0 Å². The molecule has 3 atom stereocenters. The first-order valence-electron chi connectivity index (χ1n) is 21.3. The third kappa shape index (κ3) is 6.61. The van der Waals surface area contributed by atoms with Crippen molar-refractivity contribution in [2.45, 2.75) is 63.3 Å². The average molecular weight is 757 g/mol.